The number of nitrogens with one attached hydrogen (secondary N) is 1. The van der Waals surface area contributed by atoms with Gasteiger partial charge in [-0.15, -0.1) is 11.3 Å². The summed E-state index contributed by atoms with van der Waals surface area (Å²) in [6, 6.07) is 10.4. The van der Waals surface area contributed by atoms with Crippen LogP contribution in [0.5, 0.6) is 0 Å². The number of nitrogens with zero attached hydrogens (tertiary/aromatic N) is 2. The Hall–Kier alpha value is -1.81. The van der Waals surface area contributed by atoms with Crippen LogP contribution in [0.3, 0.4) is 0 Å². The van der Waals surface area contributed by atoms with Crippen molar-refractivity contribution in [1.82, 2.24) is 9.38 Å². The van der Waals surface area contributed by atoms with Gasteiger partial charge in [0.25, 0.3) is 0 Å². The summed E-state index contributed by atoms with van der Waals surface area (Å²) < 4.78 is 2.16. The molecule has 0 saturated heterocycles. The third-order valence-electron chi connectivity index (χ3n) is 3.74. The monoisotopic (exact) mass is 327 g/mol. The highest BCUT2D eigenvalue weighted by molar-refractivity contribution is 7.15. The summed E-state index contributed by atoms with van der Waals surface area (Å²) in [5, 5.41) is 5.84. The minimum atomic E-state index is -0.0142. The largest absolute Gasteiger partial charge is 0.364 e. The molecule has 0 unspecified atom stereocenters. The van der Waals surface area contributed by atoms with E-state index in [2.05, 4.69) is 80.2 Å². The number of hydrogen-bond donors (Lipinski definition) is 1. The van der Waals surface area contributed by atoms with Gasteiger partial charge >= 0.3 is 0 Å². The normalized spacial score (nSPS) is 12.7. The number of anilines is 1. The van der Waals surface area contributed by atoms with Crippen LogP contribution < -0.4 is 5.32 Å². The van der Waals surface area contributed by atoms with E-state index in [1.165, 1.54) is 0 Å². The zero-order chi connectivity index (χ0) is 16.7. The average molecular weight is 327 g/mol. The number of thiazole rings is 1. The molecule has 3 aromatic rings. The van der Waals surface area contributed by atoms with Gasteiger partial charge in [-0.3, -0.25) is 4.40 Å². The first kappa shape index (κ1) is 16.1. The van der Waals surface area contributed by atoms with Crippen molar-refractivity contribution in [3.8, 4) is 11.3 Å². The molecule has 0 radical (unpaired) electrons. The Kier molecular flexibility index (Phi) is 3.96. The minimum Gasteiger partial charge on any atom is -0.364 e. The topological polar surface area (TPSA) is 29.3 Å². The van der Waals surface area contributed by atoms with Gasteiger partial charge in [0.05, 0.1) is 0 Å². The molecule has 1 N–H and O–H groups in total. The van der Waals surface area contributed by atoms with Gasteiger partial charge in [-0.1, -0.05) is 51.1 Å². The van der Waals surface area contributed by atoms with Crippen LogP contribution in [0.2, 0.25) is 0 Å². The highest BCUT2D eigenvalue weighted by atomic mass is 32.1. The predicted molar refractivity (Wildman–Crippen MR) is 100 cm³/mol. The zero-order valence-electron chi connectivity index (χ0n) is 14.6. The van der Waals surface area contributed by atoms with Crippen molar-refractivity contribution >= 4 is 22.1 Å². The summed E-state index contributed by atoms with van der Waals surface area (Å²) in [7, 11) is 0. The maximum Gasteiger partial charge on any atom is 0.195 e. The van der Waals surface area contributed by atoms with Crippen LogP contribution >= 0.6 is 11.3 Å². The van der Waals surface area contributed by atoms with Crippen LogP contribution in [-0.4, -0.2) is 14.9 Å². The molecule has 122 valence electrons. The average Bonchev–Trinajstić information content (AvgIpc) is 2.99. The second-order valence-electron chi connectivity index (χ2n) is 7.98. The molecule has 3 rings (SSSR count). The zero-order valence-corrected chi connectivity index (χ0v) is 15.4. The maximum atomic E-state index is 4.84. The Bertz CT molecular complexity index is 791. The van der Waals surface area contributed by atoms with Crippen LogP contribution in [0.25, 0.3) is 16.2 Å². The molecular weight excluding hydrogens is 302 g/mol. The van der Waals surface area contributed by atoms with Crippen LogP contribution in [0, 0.1) is 5.41 Å². The lowest BCUT2D eigenvalue weighted by Crippen LogP contribution is -2.36. The first-order valence-corrected chi connectivity index (χ1v) is 8.92. The third kappa shape index (κ3) is 3.58. The van der Waals surface area contributed by atoms with Crippen molar-refractivity contribution in [1.29, 1.82) is 0 Å². The number of rotatable bonds is 4. The molecule has 4 heteroatoms. The summed E-state index contributed by atoms with van der Waals surface area (Å²) in [5.74, 6) is 1.08. The molecule has 2 heterocycles. The van der Waals surface area contributed by atoms with Crippen LogP contribution in [0.1, 0.15) is 41.0 Å². The van der Waals surface area contributed by atoms with E-state index in [9.17, 15) is 0 Å². The lowest BCUT2D eigenvalue weighted by molar-refractivity contribution is 0.302. The maximum absolute atomic E-state index is 4.84. The minimum absolute atomic E-state index is 0.0142. The molecule has 0 spiro atoms. The van der Waals surface area contributed by atoms with Crippen molar-refractivity contribution in [2.45, 2.75) is 46.6 Å². The number of fused-ring (bicyclic) bond motifs is 1. The van der Waals surface area contributed by atoms with E-state index in [0.29, 0.717) is 0 Å². The van der Waals surface area contributed by atoms with Gasteiger partial charge in [0.1, 0.15) is 11.5 Å². The summed E-state index contributed by atoms with van der Waals surface area (Å²) in [5.41, 5.74) is 2.43. The summed E-state index contributed by atoms with van der Waals surface area (Å²) in [6.45, 7) is 11.4. The van der Waals surface area contributed by atoms with Crippen molar-refractivity contribution in [2.75, 3.05) is 5.32 Å². The Balaban J connectivity index is 2.04. The fourth-order valence-electron chi connectivity index (χ4n) is 3.39. The molecule has 0 bridgehead atoms. The number of hydrogen-bond acceptors (Lipinski definition) is 3. The van der Waals surface area contributed by atoms with Gasteiger partial charge in [0.15, 0.2) is 4.96 Å². The molecule has 1 aromatic carbocycles. The third-order valence-corrected chi connectivity index (χ3v) is 4.50. The molecule has 0 amide bonds. The van der Waals surface area contributed by atoms with Gasteiger partial charge in [-0.05, 0) is 25.7 Å². The van der Waals surface area contributed by atoms with Crippen LogP contribution in [0.4, 0.5) is 5.82 Å². The Morgan fingerprint density at radius 1 is 1.09 bits per heavy atom. The highest BCUT2D eigenvalue weighted by Gasteiger charge is 2.28. The van der Waals surface area contributed by atoms with Gasteiger partial charge in [0.2, 0.25) is 0 Å². The number of aromatic nitrogens is 2. The van der Waals surface area contributed by atoms with Crippen molar-refractivity contribution < 1.29 is 0 Å². The van der Waals surface area contributed by atoms with E-state index in [-0.39, 0.29) is 11.0 Å². The van der Waals surface area contributed by atoms with E-state index < -0.39 is 0 Å². The van der Waals surface area contributed by atoms with E-state index >= 15 is 0 Å². The van der Waals surface area contributed by atoms with Gasteiger partial charge in [-0.25, -0.2) is 4.98 Å². The highest BCUT2D eigenvalue weighted by Crippen LogP contribution is 2.35. The molecule has 0 aliphatic carbocycles. The number of imidazole rings is 1. The first-order valence-electron chi connectivity index (χ1n) is 8.04. The quantitative estimate of drug-likeness (QED) is 0.667. The van der Waals surface area contributed by atoms with Crippen molar-refractivity contribution in [3.63, 3.8) is 0 Å². The van der Waals surface area contributed by atoms with Gasteiger partial charge in [-0.2, -0.15) is 0 Å². The lowest BCUT2D eigenvalue weighted by Gasteiger charge is -2.34. The fourth-order valence-corrected chi connectivity index (χ4v) is 4.11. The van der Waals surface area contributed by atoms with Gasteiger partial charge in [0, 0.05) is 22.7 Å². The Morgan fingerprint density at radius 2 is 1.78 bits per heavy atom. The van der Waals surface area contributed by atoms with E-state index in [1.54, 1.807) is 11.3 Å². The molecule has 0 atom stereocenters. The Morgan fingerprint density at radius 3 is 2.43 bits per heavy atom. The SMILES string of the molecule is CC(C)(C)CC(C)(C)Nc1c(-c2ccccc2)nc2sccn12. The van der Waals surface area contributed by atoms with E-state index in [1.807, 2.05) is 6.07 Å². The smallest absolute Gasteiger partial charge is 0.195 e. The van der Waals surface area contributed by atoms with E-state index in [0.717, 1.165) is 28.5 Å². The van der Waals surface area contributed by atoms with Crippen LogP contribution in [-0.2, 0) is 0 Å². The van der Waals surface area contributed by atoms with Crippen LogP contribution in [0.15, 0.2) is 41.9 Å². The molecule has 0 fully saturated rings. The molecule has 23 heavy (non-hydrogen) atoms. The summed E-state index contributed by atoms with van der Waals surface area (Å²) >= 11 is 1.67. The molecule has 3 nitrogen and oxygen atoms in total. The Labute approximate surface area is 142 Å². The first-order chi connectivity index (χ1) is 10.8. The second kappa shape index (κ2) is 5.68. The predicted octanol–water partition coefficient (Wildman–Crippen LogP) is 5.69. The lowest BCUT2D eigenvalue weighted by atomic mass is 9.82. The fraction of sp³-hybridized carbons (Fsp3) is 0.421. The summed E-state index contributed by atoms with van der Waals surface area (Å²) in [6.07, 6.45) is 3.17. The molecule has 0 saturated carbocycles. The van der Waals surface area contributed by atoms with E-state index in [4.69, 9.17) is 4.98 Å². The van der Waals surface area contributed by atoms with Crippen molar-refractivity contribution in [3.05, 3.63) is 41.9 Å². The molecular formula is C19H25N3S. The second-order valence-corrected chi connectivity index (χ2v) is 8.85. The van der Waals surface area contributed by atoms with Gasteiger partial charge < -0.3 is 5.32 Å². The number of benzene rings is 1. The summed E-state index contributed by atoms with van der Waals surface area (Å²) in [4.78, 5) is 5.87. The molecule has 0 aliphatic heterocycles. The molecule has 2 aromatic heterocycles. The standard InChI is InChI=1S/C19H25N3S/c1-18(2,3)13-19(4,5)21-16-15(14-9-7-6-8-10-14)20-17-22(16)11-12-23-17/h6-12,21H,13H2,1-5H3. The molecule has 0 aliphatic rings. The van der Waals surface area contributed by atoms with Crippen molar-refractivity contribution in [2.24, 2.45) is 5.41 Å².